The van der Waals surface area contributed by atoms with Gasteiger partial charge in [0.05, 0.1) is 32.3 Å². The van der Waals surface area contributed by atoms with Crippen molar-refractivity contribution < 1.29 is 9.53 Å². The Labute approximate surface area is 180 Å². The third-order valence-electron chi connectivity index (χ3n) is 5.59. The van der Waals surface area contributed by atoms with Crippen LogP contribution in [0.1, 0.15) is 28.3 Å². The predicted molar refractivity (Wildman–Crippen MR) is 118 cm³/mol. The van der Waals surface area contributed by atoms with Gasteiger partial charge in [0.25, 0.3) is 0 Å². The van der Waals surface area contributed by atoms with E-state index in [1.165, 1.54) is 0 Å². The first-order chi connectivity index (χ1) is 15.2. The number of benzene rings is 3. The lowest BCUT2D eigenvalue weighted by Crippen LogP contribution is -2.28. The fourth-order valence-electron chi connectivity index (χ4n) is 4.09. The zero-order valence-corrected chi connectivity index (χ0v) is 17.2. The summed E-state index contributed by atoms with van der Waals surface area (Å²) in [6, 6.07) is 25.8. The Morgan fingerprint density at radius 1 is 0.903 bits per heavy atom. The van der Waals surface area contributed by atoms with Crippen LogP contribution in [0.2, 0.25) is 0 Å². The van der Waals surface area contributed by atoms with E-state index < -0.39 is 0 Å². The minimum absolute atomic E-state index is 0.0453. The van der Waals surface area contributed by atoms with Crippen molar-refractivity contribution in [3.8, 4) is 5.75 Å². The van der Waals surface area contributed by atoms with Gasteiger partial charge in [-0.1, -0.05) is 65.9 Å². The molecule has 154 valence electrons. The molecule has 6 heteroatoms. The summed E-state index contributed by atoms with van der Waals surface area (Å²) in [7, 11) is 1.64. The highest BCUT2D eigenvalue weighted by molar-refractivity contribution is 6.06. The van der Waals surface area contributed by atoms with E-state index in [1.807, 2.05) is 72.9 Å². The zero-order valence-electron chi connectivity index (χ0n) is 17.2. The van der Waals surface area contributed by atoms with Crippen LogP contribution in [0.3, 0.4) is 0 Å². The Morgan fingerprint density at radius 3 is 2.42 bits per heavy atom. The SMILES string of the molecule is COc1ccc([C@H]2C(=O)N(Cc3cn(Cc4ccccc4)nn3)c3ccccc32)cc1. The Hall–Kier alpha value is -3.93. The summed E-state index contributed by atoms with van der Waals surface area (Å²) in [6.07, 6.45) is 1.91. The summed E-state index contributed by atoms with van der Waals surface area (Å²) in [6.45, 7) is 1.03. The fourth-order valence-corrected chi connectivity index (χ4v) is 4.09. The van der Waals surface area contributed by atoms with Gasteiger partial charge in [-0.15, -0.1) is 5.10 Å². The van der Waals surface area contributed by atoms with Gasteiger partial charge in [-0.2, -0.15) is 0 Å². The van der Waals surface area contributed by atoms with Crippen LogP contribution in [-0.4, -0.2) is 28.0 Å². The molecular weight excluding hydrogens is 388 g/mol. The van der Waals surface area contributed by atoms with Gasteiger partial charge in [0.15, 0.2) is 0 Å². The quantitative estimate of drug-likeness (QED) is 0.482. The highest BCUT2D eigenvalue weighted by Gasteiger charge is 2.38. The third kappa shape index (κ3) is 3.68. The Morgan fingerprint density at radius 2 is 1.65 bits per heavy atom. The average molecular weight is 410 g/mol. The maximum Gasteiger partial charge on any atom is 0.239 e. The highest BCUT2D eigenvalue weighted by atomic mass is 16.5. The predicted octanol–water partition coefficient (Wildman–Crippen LogP) is 4.01. The molecule has 0 saturated carbocycles. The van der Waals surface area contributed by atoms with E-state index in [4.69, 9.17) is 4.74 Å². The molecule has 0 bridgehead atoms. The van der Waals surface area contributed by atoms with Crippen LogP contribution in [0.4, 0.5) is 5.69 Å². The lowest BCUT2D eigenvalue weighted by Gasteiger charge is -2.16. The lowest BCUT2D eigenvalue weighted by molar-refractivity contribution is -0.118. The van der Waals surface area contributed by atoms with E-state index in [9.17, 15) is 4.79 Å². The molecule has 0 N–H and O–H groups in total. The Balaban J connectivity index is 1.40. The topological polar surface area (TPSA) is 60.2 Å². The molecule has 0 unspecified atom stereocenters. The number of methoxy groups -OCH3 is 1. The van der Waals surface area contributed by atoms with E-state index in [0.717, 1.165) is 33.8 Å². The maximum absolute atomic E-state index is 13.5. The second-order valence-electron chi connectivity index (χ2n) is 7.58. The Bertz CT molecular complexity index is 1200. The van der Waals surface area contributed by atoms with Crippen molar-refractivity contribution in [3.63, 3.8) is 0 Å². The second-order valence-corrected chi connectivity index (χ2v) is 7.58. The summed E-state index contributed by atoms with van der Waals surface area (Å²) in [5.41, 5.74) is 4.80. The number of amides is 1. The molecule has 31 heavy (non-hydrogen) atoms. The standard InChI is InChI=1S/C25H22N4O2/c1-31-21-13-11-19(12-14-21)24-22-9-5-6-10-23(22)29(25(24)30)17-20-16-28(27-26-20)15-18-7-3-2-4-8-18/h2-14,16,24H,15,17H2,1H3/t24-/m1/s1. The summed E-state index contributed by atoms with van der Waals surface area (Å²) in [5.74, 6) is 0.486. The molecule has 0 aliphatic carbocycles. The molecule has 5 rings (SSSR count). The van der Waals surface area contributed by atoms with Crippen molar-refractivity contribution in [1.29, 1.82) is 0 Å². The van der Waals surface area contributed by atoms with E-state index in [0.29, 0.717) is 13.1 Å². The van der Waals surface area contributed by atoms with Gasteiger partial charge in [0.1, 0.15) is 11.4 Å². The molecule has 1 aromatic heterocycles. The molecule has 1 aliphatic rings. The first-order valence-corrected chi connectivity index (χ1v) is 10.2. The molecule has 0 saturated heterocycles. The van der Waals surface area contributed by atoms with E-state index in [2.05, 4.69) is 22.4 Å². The zero-order chi connectivity index (χ0) is 21.2. The first kappa shape index (κ1) is 19.1. The van der Waals surface area contributed by atoms with Crippen LogP contribution in [0.25, 0.3) is 0 Å². The maximum atomic E-state index is 13.5. The lowest BCUT2D eigenvalue weighted by atomic mass is 9.92. The van der Waals surface area contributed by atoms with E-state index >= 15 is 0 Å². The van der Waals surface area contributed by atoms with Crippen molar-refractivity contribution in [2.75, 3.05) is 12.0 Å². The van der Waals surface area contributed by atoms with Crippen molar-refractivity contribution in [2.24, 2.45) is 0 Å². The average Bonchev–Trinajstić information content (AvgIpc) is 3.37. The van der Waals surface area contributed by atoms with Crippen LogP contribution in [0.15, 0.2) is 85.1 Å². The molecular formula is C25H22N4O2. The van der Waals surface area contributed by atoms with Gasteiger partial charge >= 0.3 is 0 Å². The number of carbonyl (C=O) groups is 1. The number of carbonyl (C=O) groups excluding carboxylic acids is 1. The summed E-state index contributed by atoms with van der Waals surface area (Å²) in [4.78, 5) is 15.3. The first-order valence-electron chi connectivity index (χ1n) is 10.2. The molecule has 3 aromatic carbocycles. The minimum Gasteiger partial charge on any atom is -0.497 e. The van der Waals surface area contributed by atoms with Crippen molar-refractivity contribution in [1.82, 2.24) is 15.0 Å². The van der Waals surface area contributed by atoms with Crippen LogP contribution < -0.4 is 9.64 Å². The number of fused-ring (bicyclic) bond motifs is 1. The van der Waals surface area contributed by atoms with Crippen LogP contribution in [-0.2, 0) is 17.9 Å². The minimum atomic E-state index is -0.332. The molecule has 0 fully saturated rings. The molecule has 1 aliphatic heterocycles. The number of aromatic nitrogens is 3. The van der Waals surface area contributed by atoms with Crippen molar-refractivity contribution in [2.45, 2.75) is 19.0 Å². The van der Waals surface area contributed by atoms with E-state index in [-0.39, 0.29) is 11.8 Å². The van der Waals surface area contributed by atoms with Gasteiger partial charge in [0, 0.05) is 5.69 Å². The highest BCUT2D eigenvalue weighted by Crippen LogP contribution is 2.41. The molecule has 0 radical (unpaired) electrons. The smallest absolute Gasteiger partial charge is 0.239 e. The van der Waals surface area contributed by atoms with Gasteiger partial charge in [-0.25, -0.2) is 4.68 Å². The molecule has 1 amide bonds. The number of nitrogens with zero attached hydrogens (tertiary/aromatic N) is 4. The number of rotatable bonds is 6. The van der Waals surface area contributed by atoms with E-state index in [1.54, 1.807) is 16.7 Å². The van der Waals surface area contributed by atoms with Gasteiger partial charge in [0.2, 0.25) is 5.91 Å². The summed E-state index contributed by atoms with van der Waals surface area (Å²) >= 11 is 0. The third-order valence-corrected chi connectivity index (χ3v) is 5.59. The fraction of sp³-hybridized carbons (Fsp3) is 0.160. The van der Waals surface area contributed by atoms with Gasteiger partial charge in [-0.3, -0.25) is 4.79 Å². The monoisotopic (exact) mass is 410 g/mol. The van der Waals surface area contributed by atoms with Crippen LogP contribution in [0, 0.1) is 0 Å². The number of anilines is 1. The van der Waals surface area contributed by atoms with Gasteiger partial charge in [-0.05, 0) is 34.9 Å². The van der Waals surface area contributed by atoms with Crippen molar-refractivity contribution >= 4 is 11.6 Å². The van der Waals surface area contributed by atoms with Crippen LogP contribution in [0.5, 0.6) is 5.75 Å². The number of ether oxygens (including phenoxy) is 1. The van der Waals surface area contributed by atoms with Gasteiger partial charge < -0.3 is 9.64 Å². The van der Waals surface area contributed by atoms with Crippen molar-refractivity contribution in [3.05, 3.63) is 107 Å². The summed E-state index contributed by atoms with van der Waals surface area (Å²) in [5, 5.41) is 8.55. The normalized spacial score (nSPS) is 15.2. The number of hydrogen-bond donors (Lipinski definition) is 0. The largest absolute Gasteiger partial charge is 0.497 e. The number of para-hydroxylation sites is 1. The Kier molecular flexibility index (Phi) is 4.96. The molecule has 4 aromatic rings. The molecule has 6 nitrogen and oxygen atoms in total. The number of hydrogen-bond acceptors (Lipinski definition) is 4. The second kappa shape index (κ2) is 8.07. The van der Waals surface area contributed by atoms with Crippen LogP contribution >= 0.6 is 0 Å². The molecule has 0 spiro atoms. The summed E-state index contributed by atoms with van der Waals surface area (Å²) < 4.78 is 7.06. The molecule has 2 heterocycles. The molecule has 1 atom stereocenters.